The number of hydrogen-bond donors (Lipinski definition) is 2. The summed E-state index contributed by atoms with van der Waals surface area (Å²) < 4.78 is 10.9. The van der Waals surface area contributed by atoms with Crippen LogP contribution in [0, 0.1) is 0 Å². The molecule has 1 aliphatic rings. The number of carbonyl (C=O) groups excluding carboxylic acids is 1. The molecule has 134 valence electrons. The molecule has 6 heteroatoms. The van der Waals surface area contributed by atoms with Crippen molar-refractivity contribution in [2.24, 2.45) is 0 Å². The molecule has 1 aromatic heterocycles. The van der Waals surface area contributed by atoms with E-state index in [9.17, 15) is 4.79 Å². The van der Waals surface area contributed by atoms with Gasteiger partial charge in [0, 0.05) is 12.3 Å². The van der Waals surface area contributed by atoms with Crippen molar-refractivity contribution in [3.05, 3.63) is 46.7 Å². The molecule has 1 aromatic carbocycles. The molecule has 0 saturated carbocycles. The van der Waals surface area contributed by atoms with Gasteiger partial charge in [0.2, 0.25) is 0 Å². The van der Waals surface area contributed by atoms with E-state index in [4.69, 9.17) is 9.47 Å². The average molecular weight is 361 g/mol. The number of carbonyl (C=O) groups is 1. The van der Waals surface area contributed by atoms with E-state index in [1.54, 1.807) is 18.4 Å². The molecule has 1 saturated heterocycles. The molecule has 1 unspecified atom stereocenters. The summed E-state index contributed by atoms with van der Waals surface area (Å²) in [4.78, 5) is 15.0. The van der Waals surface area contributed by atoms with Gasteiger partial charge in [0.1, 0.15) is 24.9 Å². The molecule has 0 radical (unpaired) electrons. The highest BCUT2D eigenvalue weighted by Gasteiger charge is 2.24. The molecule has 3 rings (SSSR count). The Hall–Kier alpha value is -1.89. The Kier molecular flexibility index (Phi) is 6.44. The van der Waals surface area contributed by atoms with Gasteiger partial charge in [-0.25, -0.2) is 0 Å². The molecule has 5 nitrogen and oxygen atoms in total. The van der Waals surface area contributed by atoms with Gasteiger partial charge >= 0.3 is 0 Å². The molecule has 2 heterocycles. The van der Waals surface area contributed by atoms with Crippen molar-refractivity contribution in [1.29, 1.82) is 0 Å². The predicted molar refractivity (Wildman–Crippen MR) is 99.3 cm³/mol. The van der Waals surface area contributed by atoms with Crippen LogP contribution < -0.4 is 15.0 Å². The van der Waals surface area contributed by atoms with Gasteiger partial charge in [-0.2, -0.15) is 0 Å². The zero-order chi connectivity index (χ0) is 17.5. The van der Waals surface area contributed by atoms with E-state index in [-0.39, 0.29) is 12.0 Å². The first-order chi connectivity index (χ1) is 12.2. The van der Waals surface area contributed by atoms with E-state index in [1.807, 2.05) is 24.3 Å². The van der Waals surface area contributed by atoms with Crippen LogP contribution in [0.3, 0.4) is 0 Å². The number of hydrogen-bond acceptors (Lipinski definition) is 4. The Morgan fingerprint density at radius 1 is 1.36 bits per heavy atom. The third kappa shape index (κ3) is 5.56. The summed E-state index contributed by atoms with van der Waals surface area (Å²) in [6.07, 6.45) is 2.48. The Balaban J connectivity index is 1.57. The van der Waals surface area contributed by atoms with E-state index in [1.165, 1.54) is 9.78 Å². The first kappa shape index (κ1) is 17.9. The van der Waals surface area contributed by atoms with Crippen molar-refractivity contribution < 1.29 is 19.2 Å². The van der Waals surface area contributed by atoms with Gasteiger partial charge < -0.3 is 19.7 Å². The fourth-order valence-corrected chi connectivity index (χ4v) is 3.88. The Bertz CT molecular complexity index is 652. The number of anilines is 1. The number of rotatable bonds is 8. The zero-order valence-electron chi connectivity index (χ0n) is 14.5. The fourth-order valence-electron chi connectivity index (χ4n) is 3.10. The van der Waals surface area contributed by atoms with Crippen molar-refractivity contribution in [3.63, 3.8) is 0 Å². The summed E-state index contributed by atoms with van der Waals surface area (Å²) in [5.41, 5.74) is 0.790. The molecule has 2 atom stereocenters. The highest BCUT2D eigenvalue weighted by atomic mass is 32.1. The van der Waals surface area contributed by atoms with Gasteiger partial charge in [0.15, 0.2) is 6.54 Å². The predicted octanol–water partition coefficient (Wildman–Crippen LogP) is 1.96. The lowest BCUT2D eigenvalue weighted by Gasteiger charge is -2.21. The van der Waals surface area contributed by atoms with Crippen LogP contribution in [0.15, 0.2) is 41.8 Å². The first-order valence-electron chi connectivity index (χ1n) is 8.64. The normalized spacial score (nSPS) is 18.0. The molecule has 2 N–H and O–H groups in total. The van der Waals surface area contributed by atoms with Crippen molar-refractivity contribution >= 4 is 22.9 Å². The largest absolute Gasteiger partial charge is 0.497 e. The number of nitrogens with one attached hydrogen (secondary N) is 2. The maximum Gasteiger partial charge on any atom is 0.279 e. The lowest BCUT2D eigenvalue weighted by atomic mass is 10.2. The maximum absolute atomic E-state index is 12.5. The quantitative estimate of drug-likeness (QED) is 0.756. The lowest BCUT2D eigenvalue weighted by Crippen LogP contribution is -3.12. The Labute approximate surface area is 152 Å². The van der Waals surface area contributed by atoms with Gasteiger partial charge in [-0.05, 0) is 48.6 Å². The van der Waals surface area contributed by atoms with Gasteiger partial charge in [0.25, 0.3) is 5.91 Å². The summed E-state index contributed by atoms with van der Waals surface area (Å²) in [7, 11) is 1.63. The van der Waals surface area contributed by atoms with E-state index >= 15 is 0 Å². The second-order valence-corrected chi connectivity index (χ2v) is 7.33. The van der Waals surface area contributed by atoms with Crippen molar-refractivity contribution in [2.75, 3.05) is 32.1 Å². The SMILES string of the molecule is COc1ccc(NC(=O)C[NH+](Cc2cccs2)C[C@H]2CCCO2)cc1. The minimum Gasteiger partial charge on any atom is -0.497 e. The van der Waals surface area contributed by atoms with Crippen LogP contribution in [0.2, 0.25) is 0 Å². The molecule has 1 aliphatic heterocycles. The summed E-state index contributed by atoms with van der Waals surface area (Å²) in [6.45, 7) is 3.00. The number of quaternary nitrogens is 1. The Morgan fingerprint density at radius 3 is 2.84 bits per heavy atom. The second kappa shape index (κ2) is 8.99. The maximum atomic E-state index is 12.5. The summed E-state index contributed by atoms with van der Waals surface area (Å²) in [6, 6.07) is 11.6. The van der Waals surface area contributed by atoms with E-state index in [2.05, 4.69) is 22.8 Å². The molecule has 2 aromatic rings. The number of benzene rings is 1. The zero-order valence-corrected chi connectivity index (χ0v) is 15.3. The van der Waals surface area contributed by atoms with E-state index in [0.29, 0.717) is 6.54 Å². The lowest BCUT2D eigenvalue weighted by molar-refractivity contribution is -0.908. The molecular formula is C19H25N2O3S+. The Morgan fingerprint density at radius 2 is 2.20 bits per heavy atom. The minimum atomic E-state index is 0.0229. The van der Waals surface area contributed by atoms with E-state index < -0.39 is 0 Å². The van der Waals surface area contributed by atoms with Gasteiger partial charge in [-0.15, -0.1) is 11.3 Å². The van der Waals surface area contributed by atoms with Crippen LogP contribution in [0.5, 0.6) is 5.75 Å². The summed E-state index contributed by atoms with van der Waals surface area (Å²) in [5.74, 6) is 0.802. The van der Waals surface area contributed by atoms with Gasteiger partial charge in [0.05, 0.1) is 12.0 Å². The molecule has 0 spiro atoms. The fraction of sp³-hybridized carbons (Fsp3) is 0.421. The van der Waals surface area contributed by atoms with Gasteiger partial charge in [-0.1, -0.05) is 6.07 Å². The van der Waals surface area contributed by atoms with Crippen LogP contribution in [0.1, 0.15) is 17.7 Å². The van der Waals surface area contributed by atoms with Crippen LogP contribution in [-0.4, -0.2) is 38.8 Å². The standard InChI is InChI=1S/C19H24N2O3S/c1-23-16-8-6-15(7-9-16)20-19(22)14-21(12-17-4-2-10-24-17)13-18-5-3-11-25-18/h3,5-9,11,17H,2,4,10,12-14H2,1H3,(H,20,22)/p+1/t17-/m1/s1. The third-order valence-corrected chi connectivity index (χ3v) is 5.21. The molecular weight excluding hydrogens is 336 g/mol. The highest BCUT2D eigenvalue weighted by molar-refractivity contribution is 7.09. The van der Waals surface area contributed by atoms with Crippen molar-refractivity contribution in [3.8, 4) is 5.75 Å². The smallest absolute Gasteiger partial charge is 0.279 e. The highest BCUT2D eigenvalue weighted by Crippen LogP contribution is 2.15. The van der Waals surface area contributed by atoms with Crippen molar-refractivity contribution in [1.82, 2.24) is 0 Å². The number of ether oxygens (including phenoxy) is 2. The molecule has 0 bridgehead atoms. The average Bonchev–Trinajstić information content (AvgIpc) is 3.29. The molecule has 0 aliphatic carbocycles. The second-order valence-electron chi connectivity index (χ2n) is 6.30. The van der Waals surface area contributed by atoms with E-state index in [0.717, 1.165) is 44.0 Å². The first-order valence-corrected chi connectivity index (χ1v) is 9.52. The minimum absolute atomic E-state index is 0.0229. The molecule has 25 heavy (non-hydrogen) atoms. The third-order valence-electron chi connectivity index (χ3n) is 4.33. The van der Waals surface area contributed by atoms with Crippen LogP contribution >= 0.6 is 11.3 Å². The van der Waals surface area contributed by atoms with Crippen LogP contribution in [0.4, 0.5) is 5.69 Å². The number of amides is 1. The molecule has 1 fully saturated rings. The number of thiophene rings is 1. The monoisotopic (exact) mass is 361 g/mol. The summed E-state index contributed by atoms with van der Waals surface area (Å²) >= 11 is 1.74. The van der Waals surface area contributed by atoms with Gasteiger partial charge in [-0.3, -0.25) is 4.79 Å². The number of methoxy groups -OCH3 is 1. The van der Waals surface area contributed by atoms with Crippen LogP contribution in [-0.2, 0) is 16.1 Å². The molecule has 1 amide bonds. The van der Waals surface area contributed by atoms with Crippen LogP contribution in [0.25, 0.3) is 0 Å². The van der Waals surface area contributed by atoms with Crippen molar-refractivity contribution in [2.45, 2.75) is 25.5 Å². The topological polar surface area (TPSA) is 52.0 Å². The summed E-state index contributed by atoms with van der Waals surface area (Å²) in [5, 5.41) is 5.06.